The Morgan fingerprint density at radius 2 is 1.91 bits per heavy atom. The van der Waals surface area contributed by atoms with Crippen LogP contribution in [0.1, 0.15) is 49.1 Å². The molecule has 7 heteroatoms. The van der Waals surface area contributed by atoms with Crippen molar-refractivity contribution in [3.8, 4) is 11.4 Å². The van der Waals surface area contributed by atoms with Gasteiger partial charge in [0.2, 0.25) is 11.7 Å². The smallest absolute Gasteiger partial charge is 0.306 e. The number of benzene rings is 2. The quantitative estimate of drug-likeness (QED) is 0.442. The molecule has 1 aliphatic rings. The van der Waals surface area contributed by atoms with Crippen molar-refractivity contribution >= 4 is 5.97 Å². The van der Waals surface area contributed by atoms with Crippen LogP contribution in [0.15, 0.2) is 53.1 Å². The monoisotopic (exact) mass is 451 g/mol. The van der Waals surface area contributed by atoms with Gasteiger partial charge in [0.1, 0.15) is 5.82 Å². The number of aryl methyl sites for hydroxylation is 1. The molecule has 0 bridgehead atoms. The molecule has 174 valence electrons. The Morgan fingerprint density at radius 1 is 1.18 bits per heavy atom. The Kier molecular flexibility index (Phi) is 7.50. The molecule has 4 rings (SSSR count). The van der Waals surface area contributed by atoms with Crippen LogP contribution in [0.25, 0.3) is 11.4 Å². The number of carbonyl (C=O) groups excluding carboxylic acids is 1. The Balaban J connectivity index is 1.38. The van der Waals surface area contributed by atoms with Gasteiger partial charge in [-0.25, -0.2) is 4.39 Å². The average Bonchev–Trinajstić information content (AvgIpc) is 3.27. The molecule has 1 atom stereocenters. The van der Waals surface area contributed by atoms with Crippen molar-refractivity contribution in [3.63, 3.8) is 0 Å². The molecule has 2 aromatic carbocycles. The number of ether oxygens (including phenoxy) is 1. The maximum atomic E-state index is 13.4. The molecule has 0 radical (unpaired) electrons. The maximum Gasteiger partial charge on any atom is 0.306 e. The third-order valence-corrected chi connectivity index (χ3v) is 6.40. The predicted molar refractivity (Wildman–Crippen MR) is 123 cm³/mol. The van der Waals surface area contributed by atoms with Crippen molar-refractivity contribution in [2.24, 2.45) is 5.92 Å². The van der Waals surface area contributed by atoms with Gasteiger partial charge < -0.3 is 9.26 Å². The van der Waals surface area contributed by atoms with Crippen molar-refractivity contribution in [2.45, 2.75) is 45.6 Å². The second-order valence-electron chi connectivity index (χ2n) is 8.61. The highest BCUT2D eigenvalue weighted by Crippen LogP contribution is 2.36. The summed E-state index contributed by atoms with van der Waals surface area (Å²) < 4.78 is 24.2. The zero-order valence-electron chi connectivity index (χ0n) is 19.2. The van der Waals surface area contributed by atoms with E-state index in [4.69, 9.17) is 9.26 Å². The lowest BCUT2D eigenvalue weighted by atomic mass is 9.78. The minimum atomic E-state index is -0.270. The largest absolute Gasteiger partial charge is 0.466 e. The van der Waals surface area contributed by atoms with Gasteiger partial charge in [0, 0.05) is 5.56 Å². The van der Waals surface area contributed by atoms with Crippen LogP contribution in [0.4, 0.5) is 4.39 Å². The highest BCUT2D eigenvalue weighted by atomic mass is 19.1. The van der Waals surface area contributed by atoms with Gasteiger partial charge in [0.15, 0.2) is 0 Å². The summed E-state index contributed by atoms with van der Waals surface area (Å²) in [6.45, 7) is 6.54. The highest BCUT2D eigenvalue weighted by molar-refractivity contribution is 5.70. The number of piperidine rings is 1. The summed E-state index contributed by atoms with van der Waals surface area (Å²) in [5.41, 5.74) is 3.08. The number of likely N-dealkylation sites (tertiary alicyclic amines) is 1. The highest BCUT2D eigenvalue weighted by Gasteiger charge is 2.30. The topological polar surface area (TPSA) is 68.5 Å². The first-order valence-electron chi connectivity index (χ1n) is 11.6. The minimum Gasteiger partial charge on any atom is -0.466 e. The number of nitrogens with zero attached hydrogens (tertiary/aromatic N) is 3. The molecule has 1 fully saturated rings. The first kappa shape index (κ1) is 23.1. The van der Waals surface area contributed by atoms with Crippen LogP contribution >= 0.6 is 0 Å². The van der Waals surface area contributed by atoms with Gasteiger partial charge in [-0.1, -0.05) is 41.6 Å². The average molecular weight is 452 g/mol. The van der Waals surface area contributed by atoms with Crippen LogP contribution in [0, 0.1) is 18.7 Å². The molecule has 3 aromatic rings. The molecule has 0 saturated carbocycles. The van der Waals surface area contributed by atoms with E-state index in [1.165, 1.54) is 12.1 Å². The first-order chi connectivity index (χ1) is 16.0. The SMILES string of the molecule is CCOC(=O)C[C@H](c1ccc(F)cc1)C1CCN(Cc2nc(-c3ccccc3C)no2)CC1. The number of rotatable bonds is 8. The molecule has 0 aliphatic carbocycles. The van der Waals surface area contributed by atoms with E-state index in [2.05, 4.69) is 15.0 Å². The van der Waals surface area contributed by atoms with E-state index < -0.39 is 0 Å². The number of hydrogen-bond donors (Lipinski definition) is 0. The molecule has 0 N–H and O–H groups in total. The number of aromatic nitrogens is 2. The summed E-state index contributed by atoms with van der Waals surface area (Å²) in [5, 5.41) is 4.16. The summed E-state index contributed by atoms with van der Waals surface area (Å²) in [6.07, 6.45) is 2.17. The molecule has 0 unspecified atom stereocenters. The van der Waals surface area contributed by atoms with E-state index in [1.807, 2.05) is 38.1 Å². The van der Waals surface area contributed by atoms with Crippen molar-refractivity contribution < 1.29 is 18.4 Å². The number of halogens is 1. The van der Waals surface area contributed by atoms with Gasteiger partial charge in [0.05, 0.1) is 19.6 Å². The second-order valence-corrected chi connectivity index (χ2v) is 8.61. The second kappa shape index (κ2) is 10.7. The zero-order chi connectivity index (χ0) is 23.2. The standard InChI is InChI=1S/C26H30FN3O3/c1-3-32-25(31)16-23(19-8-10-21(27)11-9-19)20-12-14-30(15-13-20)17-24-28-26(29-33-24)22-7-5-4-6-18(22)2/h4-11,20,23H,3,12-17H2,1-2H3/t23-/m1/s1. The first-order valence-corrected chi connectivity index (χ1v) is 11.6. The molecule has 2 heterocycles. The fourth-order valence-corrected chi connectivity index (χ4v) is 4.62. The van der Waals surface area contributed by atoms with Crippen molar-refractivity contribution in [2.75, 3.05) is 19.7 Å². The third kappa shape index (κ3) is 5.85. The predicted octanol–water partition coefficient (Wildman–Crippen LogP) is 5.13. The van der Waals surface area contributed by atoms with E-state index in [0.717, 1.165) is 42.6 Å². The van der Waals surface area contributed by atoms with E-state index >= 15 is 0 Å². The summed E-state index contributed by atoms with van der Waals surface area (Å²) >= 11 is 0. The van der Waals surface area contributed by atoms with Gasteiger partial charge in [-0.05, 0) is 74.9 Å². The Bertz CT molecular complexity index is 1060. The summed E-state index contributed by atoms with van der Waals surface area (Å²) in [4.78, 5) is 19.1. The molecule has 1 saturated heterocycles. The summed E-state index contributed by atoms with van der Waals surface area (Å²) in [6, 6.07) is 14.5. The lowest BCUT2D eigenvalue weighted by Gasteiger charge is -2.35. The molecule has 1 aromatic heterocycles. The lowest BCUT2D eigenvalue weighted by Crippen LogP contribution is -2.35. The van der Waals surface area contributed by atoms with E-state index in [9.17, 15) is 9.18 Å². The Hall–Kier alpha value is -3.06. The Labute approximate surface area is 193 Å². The fraction of sp³-hybridized carbons (Fsp3) is 0.423. The molecule has 0 amide bonds. The van der Waals surface area contributed by atoms with E-state index in [0.29, 0.717) is 37.2 Å². The maximum absolute atomic E-state index is 13.4. The minimum absolute atomic E-state index is 0.0165. The van der Waals surface area contributed by atoms with Gasteiger partial charge in [-0.15, -0.1) is 0 Å². The molecular formula is C26H30FN3O3. The lowest BCUT2D eigenvalue weighted by molar-refractivity contribution is -0.144. The van der Waals surface area contributed by atoms with E-state index in [-0.39, 0.29) is 17.7 Å². The molecule has 0 spiro atoms. The third-order valence-electron chi connectivity index (χ3n) is 6.40. The van der Waals surface area contributed by atoms with Crippen LogP contribution < -0.4 is 0 Å². The number of esters is 1. The van der Waals surface area contributed by atoms with Gasteiger partial charge in [-0.2, -0.15) is 4.98 Å². The molecule has 33 heavy (non-hydrogen) atoms. The summed E-state index contributed by atoms with van der Waals surface area (Å²) in [5.74, 6) is 1.08. The van der Waals surface area contributed by atoms with Gasteiger partial charge in [-0.3, -0.25) is 9.69 Å². The van der Waals surface area contributed by atoms with Crippen molar-refractivity contribution in [1.82, 2.24) is 15.0 Å². The number of carbonyl (C=O) groups is 1. The molecule has 1 aliphatic heterocycles. The van der Waals surface area contributed by atoms with E-state index in [1.54, 1.807) is 12.1 Å². The van der Waals surface area contributed by atoms with Crippen LogP contribution in [0.3, 0.4) is 0 Å². The summed E-state index contributed by atoms with van der Waals surface area (Å²) in [7, 11) is 0. The van der Waals surface area contributed by atoms with Crippen LogP contribution in [-0.2, 0) is 16.1 Å². The van der Waals surface area contributed by atoms with Crippen LogP contribution in [-0.4, -0.2) is 40.7 Å². The van der Waals surface area contributed by atoms with Crippen LogP contribution in [0.2, 0.25) is 0 Å². The van der Waals surface area contributed by atoms with Crippen molar-refractivity contribution in [1.29, 1.82) is 0 Å². The normalized spacial score (nSPS) is 16.0. The van der Waals surface area contributed by atoms with Gasteiger partial charge in [0.25, 0.3) is 0 Å². The van der Waals surface area contributed by atoms with Gasteiger partial charge >= 0.3 is 5.97 Å². The number of hydrogen-bond acceptors (Lipinski definition) is 6. The fourth-order valence-electron chi connectivity index (χ4n) is 4.62. The van der Waals surface area contributed by atoms with Crippen LogP contribution in [0.5, 0.6) is 0 Å². The zero-order valence-corrected chi connectivity index (χ0v) is 19.2. The van der Waals surface area contributed by atoms with Crippen molar-refractivity contribution in [3.05, 3.63) is 71.4 Å². The molecule has 6 nitrogen and oxygen atoms in total. The Morgan fingerprint density at radius 3 is 2.61 bits per heavy atom. The molecular weight excluding hydrogens is 421 g/mol.